The summed E-state index contributed by atoms with van der Waals surface area (Å²) in [6.45, 7) is 2.50. The maximum Gasteiger partial charge on any atom is 0.225 e. The molecule has 1 aliphatic heterocycles. The van der Waals surface area contributed by atoms with Gasteiger partial charge in [-0.1, -0.05) is 30.3 Å². The molecule has 0 radical (unpaired) electrons. The van der Waals surface area contributed by atoms with Crippen LogP contribution < -0.4 is 10.1 Å². The Hall–Kier alpha value is -3.28. The second-order valence-corrected chi connectivity index (χ2v) is 8.64. The van der Waals surface area contributed by atoms with Crippen molar-refractivity contribution in [2.75, 3.05) is 13.7 Å². The van der Waals surface area contributed by atoms with Crippen molar-refractivity contribution >= 4 is 22.7 Å². The van der Waals surface area contributed by atoms with Crippen LogP contribution in [0, 0.1) is 5.92 Å². The Bertz CT molecular complexity index is 1140. The number of nitrogens with zero attached hydrogens (tertiary/aromatic N) is 1. The number of H-pyrrole nitrogens is 1. The highest BCUT2D eigenvalue weighted by molar-refractivity contribution is 5.90. The number of fused-ring (bicyclic) bond motifs is 3. The van der Waals surface area contributed by atoms with Gasteiger partial charge in [-0.25, -0.2) is 0 Å². The van der Waals surface area contributed by atoms with Crippen molar-refractivity contribution in [3.8, 4) is 5.75 Å². The van der Waals surface area contributed by atoms with Gasteiger partial charge in [0.25, 0.3) is 0 Å². The second kappa shape index (κ2) is 7.76. The van der Waals surface area contributed by atoms with Gasteiger partial charge in [0.2, 0.25) is 11.8 Å². The number of ether oxygens (including phenoxy) is 1. The Morgan fingerprint density at radius 1 is 1.16 bits per heavy atom. The first-order chi connectivity index (χ1) is 15.0. The van der Waals surface area contributed by atoms with Crippen LogP contribution in [0.25, 0.3) is 10.9 Å². The lowest BCUT2D eigenvalue weighted by Gasteiger charge is -2.25. The van der Waals surface area contributed by atoms with Crippen molar-refractivity contribution in [1.29, 1.82) is 0 Å². The van der Waals surface area contributed by atoms with Gasteiger partial charge >= 0.3 is 0 Å². The lowest BCUT2D eigenvalue weighted by atomic mass is 10.1. The molecule has 6 heteroatoms. The maximum atomic E-state index is 13.0. The van der Waals surface area contributed by atoms with E-state index in [4.69, 9.17) is 4.74 Å². The largest absolute Gasteiger partial charge is 0.497 e. The van der Waals surface area contributed by atoms with Crippen LogP contribution >= 0.6 is 0 Å². The number of carbonyl (C=O) groups is 2. The van der Waals surface area contributed by atoms with Crippen molar-refractivity contribution in [3.63, 3.8) is 0 Å². The smallest absolute Gasteiger partial charge is 0.225 e. The molecule has 2 aliphatic rings. The first kappa shape index (κ1) is 19.7. The third-order valence-corrected chi connectivity index (χ3v) is 6.73. The third-order valence-electron chi connectivity index (χ3n) is 6.73. The van der Waals surface area contributed by atoms with Crippen LogP contribution in [0.15, 0.2) is 48.5 Å². The molecule has 2 N–H and O–H groups in total. The van der Waals surface area contributed by atoms with Gasteiger partial charge in [-0.3, -0.25) is 9.59 Å². The third kappa shape index (κ3) is 3.56. The Kier molecular flexibility index (Phi) is 4.93. The van der Waals surface area contributed by atoms with Crippen LogP contribution in [0.3, 0.4) is 0 Å². The van der Waals surface area contributed by atoms with E-state index in [2.05, 4.69) is 10.3 Å². The minimum atomic E-state index is -0.297. The SMILES string of the molecule is COc1ccc2[nH]c3c(c2c1)CC(NC(=O)C1CC(=O)N(C(C)c2ccccc2)C1)C3. The minimum Gasteiger partial charge on any atom is -0.497 e. The molecule has 3 aromatic rings. The lowest BCUT2D eigenvalue weighted by Crippen LogP contribution is -2.40. The van der Waals surface area contributed by atoms with Gasteiger partial charge in [0, 0.05) is 42.0 Å². The number of aromatic amines is 1. The molecule has 1 aliphatic carbocycles. The van der Waals surface area contributed by atoms with E-state index in [1.165, 1.54) is 11.3 Å². The van der Waals surface area contributed by atoms with Gasteiger partial charge in [0.1, 0.15) is 5.75 Å². The number of rotatable bonds is 5. The van der Waals surface area contributed by atoms with E-state index in [-0.39, 0.29) is 36.2 Å². The highest BCUT2D eigenvalue weighted by atomic mass is 16.5. The number of hydrogen-bond donors (Lipinski definition) is 2. The first-order valence-corrected chi connectivity index (χ1v) is 10.9. The number of amides is 2. The molecule has 6 nitrogen and oxygen atoms in total. The number of benzene rings is 2. The Morgan fingerprint density at radius 2 is 1.97 bits per heavy atom. The average Bonchev–Trinajstić information content (AvgIpc) is 3.45. The molecule has 2 amide bonds. The lowest BCUT2D eigenvalue weighted by molar-refractivity contribution is -0.130. The first-order valence-electron chi connectivity index (χ1n) is 10.9. The maximum absolute atomic E-state index is 13.0. The summed E-state index contributed by atoms with van der Waals surface area (Å²) in [5.74, 6) is 0.563. The summed E-state index contributed by atoms with van der Waals surface area (Å²) in [5.41, 5.74) is 4.62. The van der Waals surface area contributed by atoms with Crippen LogP contribution in [0.4, 0.5) is 0 Å². The van der Waals surface area contributed by atoms with E-state index < -0.39 is 0 Å². The minimum absolute atomic E-state index is 0.0202. The number of methoxy groups -OCH3 is 1. The Morgan fingerprint density at radius 3 is 2.74 bits per heavy atom. The van der Waals surface area contributed by atoms with Gasteiger partial charge in [-0.2, -0.15) is 0 Å². The van der Waals surface area contributed by atoms with Crippen LogP contribution in [-0.4, -0.2) is 41.4 Å². The zero-order chi connectivity index (χ0) is 21.5. The highest BCUT2D eigenvalue weighted by Crippen LogP contribution is 2.33. The summed E-state index contributed by atoms with van der Waals surface area (Å²) in [6, 6.07) is 16.0. The van der Waals surface area contributed by atoms with Crippen molar-refractivity contribution in [2.24, 2.45) is 5.92 Å². The van der Waals surface area contributed by atoms with Crippen molar-refractivity contribution in [2.45, 2.75) is 38.3 Å². The monoisotopic (exact) mass is 417 g/mol. The summed E-state index contributed by atoms with van der Waals surface area (Å²) in [7, 11) is 1.67. The zero-order valence-corrected chi connectivity index (χ0v) is 17.9. The summed E-state index contributed by atoms with van der Waals surface area (Å²) in [5, 5.41) is 4.36. The second-order valence-electron chi connectivity index (χ2n) is 8.64. The predicted octanol–water partition coefficient (Wildman–Crippen LogP) is 3.37. The molecule has 1 aromatic heterocycles. The summed E-state index contributed by atoms with van der Waals surface area (Å²) < 4.78 is 5.36. The zero-order valence-electron chi connectivity index (χ0n) is 17.9. The molecule has 0 saturated carbocycles. The molecule has 0 bridgehead atoms. The Labute approximate surface area is 181 Å². The molecular weight excluding hydrogens is 390 g/mol. The van der Waals surface area contributed by atoms with Gasteiger partial charge in [-0.05, 0) is 42.7 Å². The van der Waals surface area contributed by atoms with E-state index >= 15 is 0 Å². The van der Waals surface area contributed by atoms with Gasteiger partial charge in [-0.15, -0.1) is 0 Å². The van der Waals surface area contributed by atoms with Crippen LogP contribution in [0.1, 0.15) is 36.2 Å². The predicted molar refractivity (Wildman–Crippen MR) is 119 cm³/mol. The van der Waals surface area contributed by atoms with Crippen LogP contribution in [0.2, 0.25) is 0 Å². The molecule has 1 fully saturated rings. The fourth-order valence-corrected chi connectivity index (χ4v) is 5.00. The van der Waals surface area contributed by atoms with E-state index in [1.807, 2.05) is 60.4 Å². The number of carbonyl (C=O) groups excluding carboxylic acids is 2. The quantitative estimate of drug-likeness (QED) is 0.668. The summed E-state index contributed by atoms with van der Waals surface area (Å²) in [4.78, 5) is 30.9. The Balaban J connectivity index is 1.24. The van der Waals surface area contributed by atoms with Crippen molar-refractivity contribution < 1.29 is 14.3 Å². The number of hydrogen-bond acceptors (Lipinski definition) is 3. The molecule has 0 spiro atoms. The fourth-order valence-electron chi connectivity index (χ4n) is 5.00. The fraction of sp³-hybridized carbons (Fsp3) is 0.360. The van der Waals surface area contributed by atoms with Gasteiger partial charge in [0.15, 0.2) is 0 Å². The molecule has 31 heavy (non-hydrogen) atoms. The number of nitrogens with one attached hydrogen (secondary N) is 2. The van der Waals surface area contributed by atoms with E-state index in [0.29, 0.717) is 6.54 Å². The number of aromatic nitrogens is 1. The molecule has 2 heterocycles. The highest BCUT2D eigenvalue weighted by Gasteiger charge is 2.38. The standard InChI is InChI=1S/C25H27N3O3/c1-15(16-6-4-3-5-7-16)28-14-17(10-24(28)29)25(30)26-18-11-20-21-13-19(31-2)8-9-22(21)27-23(20)12-18/h3-9,13,15,17-18,27H,10-12,14H2,1-2H3,(H,26,30). The normalized spacial score (nSPS) is 21.4. The number of likely N-dealkylation sites (tertiary alicyclic amines) is 1. The molecular formula is C25H27N3O3. The molecule has 160 valence electrons. The van der Waals surface area contributed by atoms with Crippen molar-refractivity contribution in [3.05, 3.63) is 65.4 Å². The summed E-state index contributed by atoms with van der Waals surface area (Å²) >= 11 is 0. The van der Waals surface area contributed by atoms with Crippen LogP contribution in [-0.2, 0) is 22.4 Å². The summed E-state index contributed by atoms with van der Waals surface area (Å²) in [6.07, 6.45) is 1.85. The molecule has 1 saturated heterocycles. The van der Waals surface area contributed by atoms with E-state index in [1.54, 1.807) is 7.11 Å². The molecule has 3 atom stereocenters. The molecule has 2 aromatic carbocycles. The van der Waals surface area contributed by atoms with E-state index in [9.17, 15) is 9.59 Å². The van der Waals surface area contributed by atoms with Crippen molar-refractivity contribution in [1.82, 2.24) is 15.2 Å². The molecule has 5 rings (SSSR count). The topological polar surface area (TPSA) is 74.4 Å². The van der Waals surface area contributed by atoms with Gasteiger partial charge in [0.05, 0.1) is 19.1 Å². The average molecular weight is 418 g/mol. The van der Waals surface area contributed by atoms with E-state index in [0.717, 1.165) is 35.1 Å². The molecule has 3 unspecified atom stereocenters. The van der Waals surface area contributed by atoms with Gasteiger partial charge < -0.3 is 19.9 Å². The van der Waals surface area contributed by atoms with Crippen LogP contribution in [0.5, 0.6) is 5.75 Å².